The second-order valence-corrected chi connectivity index (χ2v) is 3.68. The molecule has 0 aliphatic carbocycles. The average molecular weight is 165 g/mol. The fraction of sp³-hybridized carbons (Fsp3) is 0.636. The zero-order valence-electron chi connectivity index (χ0n) is 8.59. The molecule has 1 unspecified atom stereocenters. The minimum absolute atomic E-state index is 0.591. The van der Waals surface area contributed by atoms with Crippen molar-refractivity contribution in [2.24, 2.45) is 0 Å². The van der Waals surface area contributed by atoms with Crippen LogP contribution in [-0.4, -0.2) is 17.5 Å². The molecule has 0 fully saturated rings. The van der Waals surface area contributed by atoms with Crippen molar-refractivity contribution in [2.75, 3.05) is 6.54 Å². The average Bonchev–Trinajstić information content (AvgIpc) is 2.00. The molecule has 1 heterocycles. The molecule has 0 amide bonds. The van der Waals surface area contributed by atoms with Crippen molar-refractivity contribution in [1.29, 1.82) is 0 Å². The van der Waals surface area contributed by atoms with Crippen molar-refractivity contribution >= 4 is 0 Å². The Kier molecular flexibility index (Phi) is 2.96. The van der Waals surface area contributed by atoms with Crippen molar-refractivity contribution in [3.05, 3.63) is 23.4 Å². The Bertz CT molecular complexity index is 213. The molecule has 0 N–H and O–H groups in total. The number of hydrogen-bond donors (Lipinski definition) is 0. The van der Waals surface area contributed by atoms with Gasteiger partial charge in [0.25, 0.3) is 0 Å². The van der Waals surface area contributed by atoms with Gasteiger partial charge >= 0.3 is 0 Å². The van der Waals surface area contributed by atoms with Crippen LogP contribution >= 0.6 is 0 Å². The SMILES string of the molecule is CCCN1C=C(C)C=C(C)C1C. The second-order valence-electron chi connectivity index (χ2n) is 3.68. The first-order chi connectivity index (χ1) is 5.65. The molecule has 12 heavy (non-hydrogen) atoms. The summed E-state index contributed by atoms with van der Waals surface area (Å²) in [6.45, 7) is 10.0. The van der Waals surface area contributed by atoms with E-state index in [-0.39, 0.29) is 0 Å². The highest BCUT2D eigenvalue weighted by Crippen LogP contribution is 2.19. The lowest BCUT2D eigenvalue weighted by atomic mass is 10.0. The summed E-state index contributed by atoms with van der Waals surface area (Å²) in [7, 11) is 0. The summed E-state index contributed by atoms with van der Waals surface area (Å²) in [6, 6.07) is 0.591. The van der Waals surface area contributed by atoms with Crippen LogP contribution in [0.1, 0.15) is 34.1 Å². The molecular weight excluding hydrogens is 146 g/mol. The van der Waals surface area contributed by atoms with Crippen LogP contribution in [0.2, 0.25) is 0 Å². The van der Waals surface area contributed by atoms with Gasteiger partial charge in [-0.2, -0.15) is 0 Å². The lowest BCUT2D eigenvalue weighted by molar-refractivity contribution is 0.318. The monoisotopic (exact) mass is 165 g/mol. The summed E-state index contributed by atoms with van der Waals surface area (Å²) in [4.78, 5) is 2.42. The van der Waals surface area contributed by atoms with Gasteiger partial charge in [0.1, 0.15) is 0 Å². The van der Waals surface area contributed by atoms with Gasteiger partial charge < -0.3 is 4.90 Å². The molecule has 68 valence electrons. The maximum Gasteiger partial charge on any atom is 0.0469 e. The zero-order chi connectivity index (χ0) is 9.14. The fourth-order valence-electron chi connectivity index (χ4n) is 1.67. The molecule has 0 saturated carbocycles. The second kappa shape index (κ2) is 3.79. The topological polar surface area (TPSA) is 3.24 Å². The molecular formula is C11H19N. The van der Waals surface area contributed by atoms with Gasteiger partial charge in [0.05, 0.1) is 0 Å². The van der Waals surface area contributed by atoms with Crippen LogP contribution in [0.4, 0.5) is 0 Å². The van der Waals surface area contributed by atoms with E-state index in [0.29, 0.717) is 6.04 Å². The Morgan fingerprint density at radius 3 is 2.67 bits per heavy atom. The number of rotatable bonds is 2. The van der Waals surface area contributed by atoms with Crippen molar-refractivity contribution in [3.8, 4) is 0 Å². The van der Waals surface area contributed by atoms with E-state index < -0.39 is 0 Å². The standard InChI is InChI=1S/C11H19N/c1-5-6-12-8-9(2)7-10(3)11(12)4/h7-8,11H,5-6H2,1-4H3. The number of hydrogen-bond acceptors (Lipinski definition) is 1. The highest BCUT2D eigenvalue weighted by Gasteiger charge is 2.14. The van der Waals surface area contributed by atoms with Crippen LogP contribution in [-0.2, 0) is 0 Å². The number of allylic oxidation sites excluding steroid dienone is 2. The van der Waals surface area contributed by atoms with Crippen molar-refractivity contribution in [3.63, 3.8) is 0 Å². The van der Waals surface area contributed by atoms with Gasteiger partial charge in [-0.15, -0.1) is 0 Å². The molecule has 1 aliphatic rings. The minimum atomic E-state index is 0.591. The molecule has 0 aromatic rings. The fourth-order valence-corrected chi connectivity index (χ4v) is 1.67. The quantitative estimate of drug-likeness (QED) is 0.608. The van der Waals surface area contributed by atoms with Crippen LogP contribution in [0.3, 0.4) is 0 Å². The van der Waals surface area contributed by atoms with Crippen LogP contribution in [0.5, 0.6) is 0 Å². The molecule has 0 aromatic heterocycles. The van der Waals surface area contributed by atoms with Gasteiger partial charge in [-0.3, -0.25) is 0 Å². The lowest BCUT2D eigenvalue weighted by Crippen LogP contribution is -2.32. The molecule has 1 heteroatoms. The summed E-state index contributed by atoms with van der Waals surface area (Å²) in [5, 5.41) is 0. The third kappa shape index (κ3) is 1.90. The van der Waals surface area contributed by atoms with Gasteiger partial charge in [0.2, 0.25) is 0 Å². The van der Waals surface area contributed by atoms with Crippen LogP contribution < -0.4 is 0 Å². The van der Waals surface area contributed by atoms with Crippen LogP contribution in [0.25, 0.3) is 0 Å². The molecule has 1 nitrogen and oxygen atoms in total. The Morgan fingerprint density at radius 2 is 2.08 bits per heavy atom. The first-order valence-corrected chi connectivity index (χ1v) is 4.77. The summed E-state index contributed by atoms with van der Waals surface area (Å²) in [6.07, 6.45) is 5.76. The van der Waals surface area contributed by atoms with E-state index in [1.54, 1.807) is 0 Å². The molecule has 1 atom stereocenters. The van der Waals surface area contributed by atoms with Gasteiger partial charge in [-0.05, 0) is 32.8 Å². The number of nitrogens with zero attached hydrogens (tertiary/aromatic N) is 1. The normalized spacial score (nSPS) is 23.7. The third-order valence-corrected chi connectivity index (χ3v) is 2.46. The predicted molar refractivity (Wildman–Crippen MR) is 54.0 cm³/mol. The van der Waals surface area contributed by atoms with Gasteiger partial charge in [0.15, 0.2) is 0 Å². The molecule has 0 aromatic carbocycles. The van der Waals surface area contributed by atoms with E-state index in [1.165, 1.54) is 24.1 Å². The van der Waals surface area contributed by atoms with Gasteiger partial charge in [0, 0.05) is 18.8 Å². The zero-order valence-corrected chi connectivity index (χ0v) is 8.59. The van der Waals surface area contributed by atoms with E-state index in [2.05, 4.69) is 44.9 Å². The van der Waals surface area contributed by atoms with Crippen LogP contribution in [0.15, 0.2) is 23.4 Å². The van der Waals surface area contributed by atoms with E-state index in [4.69, 9.17) is 0 Å². The minimum Gasteiger partial charge on any atom is -0.371 e. The van der Waals surface area contributed by atoms with Gasteiger partial charge in [-0.1, -0.05) is 18.6 Å². The van der Waals surface area contributed by atoms with Crippen molar-refractivity contribution in [2.45, 2.75) is 40.2 Å². The summed E-state index contributed by atoms with van der Waals surface area (Å²) >= 11 is 0. The first-order valence-electron chi connectivity index (χ1n) is 4.77. The molecule has 1 aliphatic heterocycles. The summed E-state index contributed by atoms with van der Waals surface area (Å²) < 4.78 is 0. The molecule has 1 rings (SSSR count). The van der Waals surface area contributed by atoms with Gasteiger partial charge in [-0.25, -0.2) is 0 Å². The predicted octanol–water partition coefficient (Wildman–Crippen LogP) is 2.95. The Hall–Kier alpha value is -0.720. The van der Waals surface area contributed by atoms with E-state index >= 15 is 0 Å². The Morgan fingerprint density at radius 1 is 1.42 bits per heavy atom. The largest absolute Gasteiger partial charge is 0.371 e. The van der Waals surface area contributed by atoms with Crippen molar-refractivity contribution in [1.82, 2.24) is 4.90 Å². The maximum atomic E-state index is 2.42. The lowest BCUT2D eigenvalue weighted by Gasteiger charge is -2.32. The summed E-state index contributed by atoms with van der Waals surface area (Å²) in [5.74, 6) is 0. The molecule has 0 spiro atoms. The van der Waals surface area contributed by atoms with E-state index in [0.717, 1.165) is 0 Å². The van der Waals surface area contributed by atoms with E-state index in [1.807, 2.05) is 0 Å². The third-order valence-electron chi connectivity index (χ3n) is 2.46. The molecule has 0 radical (unpaired) electrons. The van der Waals surface area contributed by atoms with Crippen LogP contribution in [0, 0.1) is 0 Å². The first kappa shape index (κ1) is 9.37. The highest BCUT2D eigenvalue weighted by molar-refractivity contribution is 5.28. The van der Waals surface area contributed by atoms with Crippen molar-refractivity contribution < 1.29 is 0 Å². The van der Waals surface area contributed by atoms with E-state index in [9.17, 15) is 0 Å². The molecule has 0 saturated heterocycles. The highest BCUT2D eigenvalue weighted by atomic mass is 15.1. The smallest absolute Gasteiger partial charge is 0.0469 e. The molecule has 0 bridgehead atoms. The Labute approximate surface area is 75.8 Å². The maximum absolute atomic E-state index is 2.42. The summed E-state index contributed by atoms with van der Waals surface area (Å²) in [5.41, 5.74) is 2.85. The Balaban J connectivity index is 2.72.